The third-order valence-corrected chi connectivity index (χ3v) is 3.62. The minimum Gasteiger partial charge on any atom is -0.479 e. The van der Waals surface area contributed by atoms with Crippen molar-refractivity contribution >= 4 is 28.7 Å². The number of para-hydroxylation sites is 2. The summed E-state index contributed by atoms with van der Waals surface area (Å²) in [6, 6.07) is 16.5. The summed E-state index contributed by atoms with van der Waals surface area (Å²) in [4.78, 5) is 18.3. The van der Waals surface area contributed by atoms with Crippen LogP contribution in [0.1, 0.15) is 18.3 Å². The summed E-state index contributed by atoms with van der Waals surface area (Å²) >= 11 is 0. The van der Waals surface area contributed by atoms with Crippen molar-refractivity contribution in [3.8, 4) is 11.8 Å². The van der Waals surface area contributed by atoms with Gasteiger partial charge in [-0.05, 0) is 42.8 Å². The number of carboxylic acid groups (broad SMARTS) is 1. The lowest BCUT2D eigenvalue weighted by molar-refractivity contribution is -0.144. The number of aromatic nitrogens is 2. The van der Waals surface area contributed by atoms with Crippen LogP contribution >= 0.6 is 0 Å². The number of aliphatic carboxylic acids is 1. The number of imidazole rings is 1. The lowest BCUT2D eigenvalue weighted by Gasteiger charge is -2.10. The molecule has 0 saturated carbocycles. The first-order valence-corrected chi connectivity index (χ1v) is 7.63. The maximum absolute atomic E-state index is 10.8. The standard InChI is InChI=1S/C19H15N3O3/c1-12(19(23)24)25-15-8-6-13(7-9-15)10-14(11-20)18-21-16-4-2-3-5-17(16)22-18/h2-10,12H,1H3,(H,21,22)(H,23,24)/b14-10+. The van der Waals surface area contributed by atoms with Crippen molar-refractivity contribution in [3.05, 3.63) is 59.9 Å². The molecule has 0 aliphatic rings. The maximum atomic E-state index is 10.8. The highest BCUT2D eigenvalue weighted by Gasteiger charge is 2.12. The van der Waals surface area contributed by atoms with E-state index in [9.17, 15) is 10.1 Å². The van der Waals surface area contributed by atoms with Crippen molar-refractivity contribution in [2.75, 3.05) is 0 Å². The van der Waals surface area contributed by atoms with E-state index in [4.69, 9.17) is 9.84 Å². The summed E-state index contributed by atoms with van der Waals surface area (Å²) < 4.78 is 5.28. The topological polar surface area (TPSA) is 99.0 Å². The van der Waals surface area contributed by atoms with Gasteiger partial charge < -0.3 is 14.8 Å². The maximum Gasteiger partial charge on any atom is 0.344 e. The highest BCUT2D eigenvalue weighted by atomic mass is 16.5. The number of carbonyl (C=O) groups is 1. The van der Waals surface area contributed by atoms with Crippen LogP contribution < -0.4 is 4.74 Å². The van der Waals surface area contributed by atoms with Crippen molar-refractivity contribution in [3.63, 3.8) is 0 Å². The van der Waals surface area contributed by atoms with Crippen LogP contribution in [-0.2, 0) is 4.79 Å². The van der Waals surface area contributed by atoms with Gasteiger partial charge in [-0.2, -0.15) is 5.26 Å². The number of allylic oxidation sites excluding steroid dienone is 1. The number of fused-ring (bicyclic) bond motifs is 1. The van der Waals surface area contributed by atoms with Gasteiger partial charge in [0.25, 0.3) is 0 Å². The number of nitrogens with zero attached hydrogens (tertiary/aromatic N) is 2. The molecule has 6 heteroatoms. The zero-order chi connectivity index (χ0) is 17.8. The monoisotopic (exact) mass is 333 g/mol. The first kappa shape index (κ1) is 16.3. The van der Waals surface area contributed by atoms with E-state index in [0.717, 1.165) is 16.6 Å². The molecule has 3 rings (SSSR count). The van der Waals surface area contributed by atoms with Gasteiger partial charge in [-0.1, -0.05) is 24.3 Å². The van der Waals surface area contributed by atoms with Gasteiger partial charge in [-0.3, -0.25) is 0 Å². The Hall–Kier alpha value is -3.59. The third kappa shape index (κ3) is 3.67. The first-order chi connectivity index (χ1) is 12.1. The molecule has 1 heterocycles. The van der Waals surface area contributed by atoms with E-state index in [-0.39, 0.29) is 0 Å². The summed E-state index contributed by atoms with van der Waals surface area (Å²) in [5, 5.41) is 18.3. The highest BCUT2D eigenvalue weighted by Crippen LogP contribution is 2.21. The summed E-state index contributed by atoms with van der Waals surface area (Å²) in [5.41, 5.74) is 2.85. The van der Waals surface area contributed by atoms with Crippen LogP contribution in [0.5, 0.6) is 5.75 Å². The number of benzene rings is 2. The quantitative estimate of drug-likeness (QED) is 0.696. The normalized spacial score (nSPS) is 12.6. The van der Waals surface area contributed by atoms with Crippen molar-refractivity contribution in [2.24, 2.45) is 0 Å². The predicted molar refractivity (Wildman–Crippen MR) is 93.7 cm³/mol. The molecule has 1 unspecified atom stereocenters. The van der Waals surface area contributed by atoms with Gasteiger partial charge in [0.1, 0.15) is 17.6 Å². The van der Waals surface area contributed by atoms with E-state index in [1.165, 1.54) is 6.92 Å². The van der Waals surface area contributed by atoms with Crippen LogP contribution in [0.4, 0.5) is 0 Å². The molecule has 2 N–H and O–H groups in total. The van der Waals surface area contributed by atoms with Gasteiger partial charge in [-0.25, -0.2) is 9.78 Å². The molecule has 0 spiro atoms. The molecule has 3 aromatic rings. The Balaban J connectivity index is 1.85. The molecule has 0 aliphatic heterocycles. The average Bonchev–Trinajstić information content (AvgIpc) is 3.04. The molecule has 25 heavy (non-hydrogen) atoms. The molecule has 124 valence electrons. The molecule has 2 aromatic carbocycles. The molecule has 0 radical (unpaired) electrons. The van der Waals surface area contributed by atoms with Gasteiger partial charge in [0.15, 0.2) is 6.10 Å². The predicted octanol–water partition coefficient (Wildman–Crippen LogP) is 3.48. The molecule has 0 amide bonds. The Morgan fingerprint density at radius 2 is 2.00 bits per heavy atom. The molecular weight excluding hydrogens is 318 g/mol. The summed E-state index contributed by atoms with van der Waals surface area (Å²) in [6.07, 6.45) is 0.786. The molecule has 1 aromatic heterocycles. The Morgan fingerprint density at radius 3 is 2.64 bits per heavy atom. The second-order valence-electron chi connectivity index (χ2n) is 5.44. The molecule has 6 nitrogen and oxygen atoms in total. The van der Waals surface area contributed by atoms with Crippen LogP contribution in [0, 0.1) is 11.3 Å². The minimum absolute atomic E-state index is 0.406. The van der Waals surface area contributed by atoms with Crippen LogP contribution in [0.3, 0.4) is 0 Å². The summed E-state index contributed by atoms with van der Waals surface area (Å²) in [5.74, 6) is -0.0709. The van der Waals surface area contributed by atoms with Gasteiger partial charge >= 0.3 is 5.97 Å². The number of hydrogen-bond acceptors (Lipinski definition) is 4. The summed E-state index contributed by atoms with van der Waals surface area (Å²) in [7, 11) is 0. The zero-order valence-corrected chi connectivity index (χ0v) is 13.4. The number of aromatic amines is 1. The Bertz CT molecular complexity index is 948. The fourth-order valence-corrected chi connectivity index (χ4v) is 2.30. The first-order valence-electron chi connectivity index (χ1n) is 7.63. The Morgan fingerprint density at radius 1 is 1.28 bits per heavy atom. The number of nitrogens with one attached hydrogen (secondary N) is 1. The molecule has 0 fully saturated rings. The summed E-state index contributed by atoms with van der Waals surface area (Å²) in [6.45, 7) is 1.46. The second kappa shape index (κ2) is 6.89. The van der Waals surface area contributed by atoms with Crippen molar-refractivity contribution in [1.82, 2.24) is 9.97 Å². The van der Waals surface area contributed by atoms with Gasteiger partial charge in [0.05, 0.1) is 16.6 Å². The Labute approximate surface area is 144 Å². The molecule has 1 atom stereocenters. The van der Waals surface area contributed by atoms with Crippen molar-refractivity contribution in [1.29, 1.82) is 5.26 Å². The fraction of sp³-hybridized carbons (Fsp3) is 0.105. The van der Waals surface area contributed by atoms with E-state index in [2.05, 4.69) is 16.0 Å². The van der Waals surface area contributed by atoms with Gasteiger partial charge in [-0.15, -0.1) is 0 Å². The average molecular weight is 333 g/mol. The van der Waals surface area contributed by atoms with Gasteiger partial charge in [0.2, 0.25) is 0 Å². The lowest BCUT2D eigenvalue weighted by atomic mass is 10.1. The molecule has 0 bridgehead atoms. The highest BCUT2D eigenvalue weighted by molar-refractivity contribution is 5.90. The van der Waals surface area contributed by atoms with E-state index in [1.807, 2.05) is 24.3 Å². The Kier molecular flexibility index (Phi) is 4.48. The minimum atomic E-state index is -1.03. The largest absolute Gasteiger partial charge is 0.479 e. The number of carboxylic acids is 1. The number of nitriles is 1. The zero-order valence-electron chi connectivity index (χ0n) is 13.4. The number of ether oxygens (including phenoxy) is 1. The SMILES string of the molecule is CC(Oc1ccc(/C=C(\C#N)c2nc3ccccc3[nH]2)cc1)C(=O)O. The molecule has 0 aliphatic carbocycles. The molecule has 0 saturated heterocycles. The van der Waals surface area contributed by atoms with Crippen LogP contribution in [0.25, 0.3) is 22.7 Å². The van der Waals surface area contributed by atoms with Crippen LogP contribution in [0.15, 0.2) is 48.5 Å². The van der Waals surface area contributed by atoms with Crippen LogP contribution in [-0.4, -0.2) is 27.1 Å². The number of rotatable bonds is 5. The van der Waals surface area contributed by atoms with E-state index in [1.54, 1.807) is 30.3 Å². The van der Waals surface area contributed by atoms with E-state index in [0.29, 0.717) is 17.1 Å². The lowest BCUT2D eigenvalue weighted by Crippen LogP contribution is -2.22. The number of hydrogen-bond donors (Lipinski definition) is 2. The van der Waals surface area contributed by atoms with E-state index >= 15 is 0 Å². The third-order valence-electron chi connectivity index (χ3n) is 3.62. The fourth-order valence-electron chi connectivity index (χ4n) is 2.30. The number of H-pyrrole nitrogens is 1. The van der Waals surface area contributed by atoms with Gasteiger partial charge in [0, 0.05) is 0 Å². The van der Waals surface area contributed by atoms with E-state index < -0.39 is 12.1 Å². The smallest absolute Gasteiger partial charge is 0.344 e. The van der Waals surface area contributed by atoms with Crippen LogP contribution in [0.2, 0.25) is 0 Å². The second-order valence-corrected chi connectivity index (χ2v) is 5.44. The van der Waals surface area contributed by atoms with Crippen molar-refractivity contribution in [2.45, 2.75) is 13.0 Å². The van der Waals surface area contributed by atoms with Crippen molar-refractivity contribution < 1.29 is 14.6 Å². The molecular formula is C19H15N3O3.